The molecule has 2 aromatic rings. The summed E-state index contributed by atoms with van der Waals surface area (Å²) in [5.41, 5.74) is 5.53. The number of nitrogens with zero attached hydrogens (tertiary/aromatic N) is 6. The Kier molecular flexibility index (Phi) is 7.14. The molecule has 1 unspecified atom stereocenters. The number of carbonyl (C=O) groups is 1. The zero-order valence-corrected chi connectivity index (χ0v) is 24.5. The van der Waals surface area contributed by atoms with E-state index in [1.54, 1.807) is 11.0 Å². The molecule has 1 N–H and O–H groups in total. The van der Waals surface area contributed by atoms with Crippen LogP contribution in [0.25, 0.3) is 10.9 Å². The normalized spacial score (nSPS) is 24.7. The number of nitrogens with one attached hydrogen (secondary N) is 1. The summed E-state index contributed by atoms with van der Waals surface area (Å²) >= 11 is 6.91. The number of hydrogen-bond donors (Lipinski definition) is 1. The number of aromatic nitrogens is 2. The monoisotopic (exact) mass is 591 g/mol. The van der Waals surface area contributed by atoms with Crippen LogP contribution in [0.4, 0.5) is 10.2 Å². The maximum absolute atomic E-state index is 16.8. The van der Waals surface area contributed by atoms with Gasteiger partial charge in [0.2, 0.25) is 5.91 Å². The summed E-state index contributed by atoms with van der Waals surface area (Å²) in [6, 6.07) is 2.69. The molecule has 9 nitrogen and oxygen atoms in total. The van der Waals surface area contributed by atoms with Gasteiger partial charge in [-0.2, -0.15) is 15.1 Å². The lowest BCUT2D eigenvalue weighted by molar-refractivity contribution is -0.126. The molecule has 1 aromatic heterocycles. The molecule has 2 aliphatic carbocycles. The van der Waals surface area contributed by atoms with Crippen LogP contribution >= 0.6 is 11.6 Å². The van der Waals surface area contributed by atoms with E-state index in [0.717, 1.165) is 43.2 Å². The number of likely N-dealkylation sites (tertiary alicyclic amines) is 1. The number of ether oxygens (including phenoxy) is 1. The van der Waals surface area contributed by atoms with Crippen LogP contribution in [0.15, 0.2) is 47.2 Å². The van der Waals surface area contributed by atoms with Crippen molar-refractivity contribution in [3.05, 3.63) is 58.5 Å². The van der Waals surface area contributed by atoms with Crippen molar-refractivity contribution in [2.24, 2.45) is 11.0 Å². The lowest BCUT2D eigenvalue weighted by Gasteiger charge is -2.36. The second kappa shape index (κ2) is 11.0. The molecule has 1 aromatic carbocycles. The highest BCUT2D eigenvalue weighted by atomic mass is 35.5. The van der Waals surface area contributed by atoms with Gasteiger partial charge in [0.25, 0.3) is 0 Å². The van der Waals surface area contributed by atoms with Gasteiger partial charge in [0.1, 0.15) is 17.4 Å². The molecule has 42 heavy (non-hydrogen) atoms. The van der Waals surface area contributed by atoms with Gasteiger partial charge in [-0.1, -0.05) is 29.8 Å². The number of carbonyl (C=O) groups excluding carboxylic acids is 1. The minimum atomic E-state index is -0.464. The molecule has 0 radical (unpaired) electrons. The third-order valence-corrected chi connectivity index (χ3v) is 9.54. The number of halogens is 2. The minimum Gasteiger partial charge on any atom is -0.460 e. The first-order valence-electron chi connectivity index (χ1n) is 14.9. The molecule has 3 aliphatic heterocycles. The van der Waals surface area contributed by atoms with Crippen molar-refractivity contribution in [1.29, 1.82) is 0 Å². The number of rotatable bonds is 6. The topological polar surface area (TPSA) is 86.2 Å². The summed E-state index contributed by atoms with van der Waals surface area (Å²) in [5.74, 6) is -0.442. The third kappa shape index (κ3) is 4.94. The zero-order valence-electron chi connectivity index (χ0n) is 23.7. The van der Waals surface area contributed by atoms with Gasteiger partial charge in [-0.3, -0.25) is 10.2 Å². The van der Waals surface area contributed by atoms with Crippen LogP contribution in [0.1, 0.15) is 44.1 Å². The molecule has 3 fully saturated rings. The second-order valence-corrected chi connectivity index (χ2v) is 12.2. The Balaban J connectivity index is 1.27. The minimum absolute atomic E-state index is 0.0285. The van der Waals surface area contributed by atoms with E-state index in [9.17, 15) is 4.79 Å². The van der Waals surface area contributed by atoms with E-state index in [4.69, 9.17) is 21.3 Å². The molecular weight excluding hydrogens is 557 g/mol. The summed E-state index contributed by atoms with van der Waals surface area (Å²) in [5, 5.41) is 5.09. The molecule has 5 aliphatic rings. The van der Waals surface area contributed by atoms with E-state index in [1.807, 2.05) is 25.3 Å². The number of hydrazone groups is 1. The number of piperidine rings is 1. The van der Waals surface area contributed by atoms with E-state index in [-0.39, 0.29) is 35.4 Å². The van der Waals surface area contributed by atoms with Gasteiger partial charge >= 0.3 is 6.01 Å². The molecule has 11 heteroatoms. The van der Waals surface area contributed by atoms with E-state index < -0.39 is 5.82 Å². The molecular formula is C31H35ClFN7O2. The van der Waals surface area contributed by atoms with Crippen LogP contribution < -0.4 is 15.1 Å². The molecule has 7 rings (SSSR count). The quantitative estimate of drug-likeness (QED) is 0.499. The standard InChI is InChI=1S/C31H35ClFN7O2/c1-3-25(41)39-12-14-40(15-13-39)30-21-16-23(32)27(26-18(2)4-7-24-22(26)17-34-37-24)28(33)29(21)35-31(36-30)42-20-8-10-38(11-9-20)19-5-6-19/h3-4,7,16-17,19-20,22,26,37H,1,5-6,8-15H2,2H3/t22-,26?/m1/s1. The average Bonchev–Trinajstić information content (AvgIpc) is 3.75. The second-order valence-electron chi connectivity index (χ2n) is 11.8. The van der Waals surface area contributed by atoms with E-state index in [0.29, 0.717) is 48.0 Å². The van der Waals surface area contributed by atoms with Crippen LogP contribution in [0, 0.1) is 11.7 Å². The Hall–Kier alpha value is -3.50. The first-order chi connectivity index (χ1) is 20.4. The Morgan fingerprint density at radius 2 is 1.88 bits per heavy atom. The van der Waals surface area contributed by atoms with Crippen LogP contribution in [0.2, 0.25) is 5.02 Å². The lowest BCUT2D eigenvalue weighted by Crippen LogP contribution is -2.48. The van der Waals surface area contributed by atoms with Crippen molar-refractivity contribution < 1.29 is 13.9 Å². The van der Waals surface area contributed by atoms with Gasteiger partial charge in [0.05, 0.1) is 0 Å². The van der Waals surface area contributed by atoms with Gasteiger partial charge in [-0.05, 0) is 50.8 Å². The number of hydrogen-bond acceptors (Lipinski definition) is 8. The maximum Gasteiger partial charge on any atom is 0.319 e. The Labute approximate surface area is 249 Å². The van der Waals surface area contributed by atoms with Gasteiger partial charge in [-0.15, -0.1) is 0 Å². The molecule has 2 saturated heterocycles. The molecule has 0 spiro atoms. The maximum atomic E-state index is 16.8. The number of benzene rings is 1. The highest BCUT2D eigenvalue weighted by molar-refractivity contribution is 6.32. The summed E-state index contributed by atoms with van der Waals surface area (Å²) in [7, 11) is 0. The van der Waals surface area contributed by atoms with Crippen molar-refractivity contribution in [3.63, 3.8) is 0 Å². The number of piperazine rings is 1. The molecule has 1 saturated carbocycles. The van der Waals surface area contributed by atoms with E-state index in [1.165, 1.54) is 18.9 Å². The number of amides is 1. The van der Waals surface area contributed by atoms with Crippen molar-refractivity contribution >= 4 is 40.4 Å². The Morgan fingerprint density at radius 1 is 1.12 bits per heavy atom. The number of fused-ring (bicyclic) bond motifs is 2. The van der Waals surface area contributed by atoms with Crippen molar-refractivity contribution in [3.8, 4) is 6.01 Å². The van der Waals surface area contributed by atoms with E-state index in [2.05, 4.69) is 31.9 Å². The fourth-order valence-electron chi connectivity index (χ4n) is 6.75. The van der Waals surface area contributed by atoms with Crippen LogP contribution in [-0.2, 0) is 4.79 Å². The molecule has 2 atom stereocenters. The smallest absolute Gasteiger partial charge is 0.319 e. The fraction of sp³-hybridized carbons (Fsp3) is 0.484. The van der Waals surface area contributed by atoms with Crippen LogP contribution in [-0.4, -0.2) is 83.3 Å². The third-order valence-electron chi connectivity index (χ3n) is 9.23. The van der Waals surface area contributed by atoms with Crippen LogP contribution in [0.3, 0.4) is 0 Å². The molecule has 220 valence electrons. The van der Waals surface area contributed by atoms with Crippen LogP contribution in [0.5, 0.6) is 6.01 Å². The highest BCUT2D eigenvalue weighted by Gasteiger charge is 2.37. The number of anilines is 1. The number of allylic oxidation sites excluding steroid dienone is 4. The molecule has 0 bridgehead atoms. The largest absolute Gasteiger partial charge is 0.460 e. The lowest BCUT2D eigenvalue weighted by atomic mass is 9.77. The average molecular weight is 592 g/mol. The van der Waals surface area contributed by atoms with E-state index >= 15 is 4.39 Å². The Bertz CT molecular complexity index is 1520. The highest BCUT2D eigenvalue weighted by Crippen LogP contribution is 2.45. The van der Waals surface area contributed by atoms with Gasteiger partial charge in [-0.25, -0.2) is 4.39 Å². The van der Waals surface area contributed by atoms with Crippen molar-refractivity contribution in [1.82, 2.24) is 25.2 Å². The van der Waals surface area contributed by atoms with Gasteiger partial charge in [0.15, 0.2) is 5.82 Å². The SMILES string of the molecule is C=CC(=O)N1CCN(c2nc(OC3CCN(C4CC4)CC3)nc3c(F)c(C4C(C)=CC=C5NN=C[C@H]54)c(Cl)cc23)CC1. The first kappa shape index (κ1) is 27.3. The summed E-state index contributed by atoms with van der Waals surface area (Å²) in [6.07, 6.45) is 11.4. The molecule has 1 amide bonds. The van der Waals surface area contributed by atoms with Crippen molar-refractivity contribution in [2.45, 2.75) is 50.7 Å². The Morgan fingerprint density at radius 3 is 2.60 bits per heavy atom. The van der Waals surface area contributed by atoms with Crippen molar-refractivity contribution in [2.75, 3.05) is 44.2 Å². The van der Waals surface area contributed by atoms with Gasteiger partial charge in [0, 0.05) is 85.0 Å². The predicted molar refractivity (Wildman–Crippen MR) is 161 cm³/mol. The first-order valence-corrected chi connectivity index (χ1v) is 15.2. The van der Waals surface area contributed by atoms with Gasteiger partial charge < -0.3 is 19.4 Å². The summed E-state index contributed by atoms with van der Waals surface area (Å²) < 4.78 is 23.2. The molecule has 4 heterocycles. The summed E-state index contributed by atoms with van der Waals surface area (Å²) in [6.45, 7) is 9.67. The summed E-state index contributed by atoms with van der Waals surface area (Å²) in [4.78, 5) is 28.1. The zero-order chi connectivity index (χ0) is 29.0. The fourth-order valence-corrected chi connectivity index (χ4v) is 7.05. The predicted octanol–water partition coefficient (Wildman–Crippen LogP) is 4.40.